The maximum absolute atomic E-state index is 12.1. The lowest BCUT2D eigenvalue weighted by Gasteiger charge is -2.42. The fourth-order valence-electron chi connectivity index (χ4n) is 5.26. The van der Waals surface area contributed by atoms with Crippen molar-refractivity contribution in [3.8, 4) is 0 Å². The Kier molecular flexibility index (Phi) is 6.76. The highest BCUT2D eigenvalue weighted by molar-refractivity contribution is 5.45. The Morgan fingerprint density at radius 3 is 2.03 bits per heavy atom. The van der Waals surface area contributed by atoms with Crippen LogP contribution in [0.25, 0.3) is 4.85 Å². The predicted molar refractivity (Wildman–Crippen MR) is 138 cm³/mol. The highest BCUT2D eigenvalue weighted by Gasteiger charge is 2.41. The highest BCUT2D eigenvalue weighted by Crippen LogP contribution is 2.42. The number of aromatic nitrogens is 2. The van der Waals surface area contributed by atoms with Gasteiger partial charge in [-0.1, -0.05) is 84.9 Å². The zero-order valence-corrected chi connectivity index (χ0v) is 19.8. The largest absolute Gasteiger partial charge is 0.380 e. The minimum atomic E-state index is -0.992. The Morgan fingerprint density at radius 2 is 1.46 bits per heavy atom. The second kappa shape index (κ2) is 10.3. The minimum absolute atomic E-state index is 0.148. The first-order valence-electron chi connectivity index (χ1n) is 12.2. The molecular formula is C30H30N4O. The standard InChI is InChI=1S/C30H30N4O/c1-31-28-14-12-24(13-15-28)21-34-23-32-20-29(34)22-33-18-16-27(17-19-33)30(35,25-8-4-2-5-9-25)26-10-6-3-7-11-26/h2-15,20,23,27,35H,16-19,21-22H2. The Hall–Kier alpha value is -3.72. The van der Waals surface area contributed by atoms with Crippen LogP contribution in [0.5, 0.6) is 0 Å². The Balaban J connectivity index is 1.28. The quantitative estimate of drug-likeness (QED) is 0.362. The molecule has 0 atom stereocenters. The van der Waals surface area contributed by atoms with Gasteiger partial charge in [-0.15, -0.1) is 0 Å². The van der Waals surface area contributed by atoms with E-state index in [1.165, 1.54) is 5.69 Å². The van der Waals surface area contributed by atoms with E-state index < -0.39 is 5.60 Å². The van der Waals surface area contributed by atoms with E-state index in [9.17, 15) is 5.11 Å². The molecule has 1 saturated heterocycles. The van der Waals surface area contributed by atoms with E-state index >= 15 is 0 Å². The highest BCUT2D eigenvalue weighted by atomic mass is 16.3. The van der Waals surface area contributed by atoms with Crippen LogP contribution in [0.15, 0.2) is 97.5 Å². The molecule has 1 aliphatic heterocycles. The summed E-state index contributed by atoms with van der Waals surface area (Å²) in [6.45, 7) is 10.6. The van der Waals surface area contributed by atoms with Crippen molar-refractivity contribution in [1.29, 1.82) is 0 Å². The summed E-state index contributed by atoms with van der Waals surface area (Å²) in [7, 11) is 0. The number of likely N-dealkylation sites (tertiary alicyclic amines) is 1. The number of piperidine rings is 1. The van der Waals surface area contributed by atoms with Crippen LogP contribution < -0.4 is 0 Å². The number of nitrogens with zero attached hydrogens (tertiary/aromatic N) is 4. The van der Waals surface area contributed by atoms with Gasteiger partial charge in [-0.2, -0.15) is 0 Å². The Morgan fingerprint density at radius 1 is 0.857 bits per heavy atom. The third kappa shape index (κ3) is 4.90. The molecule has 5 rings (SSSR count). The minimum Gasteiger partial charge on any atom is -0.380 e. The van der Waals surface area contributed by atoms with Gasteiger partial charge in [0.2, 0.25) is 0 Å². The van der Waals surface area contributed by atoms with Crippen LogP contribution in [-0.2, 0) is 18.7 Å². The summed E-state index contributed by atoms with van der Waals surface area (Å²) in [4.78, 5) is 10.3. The van der Waals surface area contributed by atoms with Crippen molar-refractivity contribution in [3.63, 3.8) is 0 Å². The second-order valence-corrected chi connectivity index (χ2v) is 9.34. The van der Waals surface area contributed by atoms with E-state index in [0.29, 0.717) is 5.69 Å². The van der Waals surface area contributed by atoms with Gasteiger partial charge in [-0.25, -0.2) is 9.83 Å². The lowest BCUT2D eigenvalue weighted by molar-refractivity contribution is -0.0155. The smallest absolute Gasteiger partial charge is 0.187 e. The van der Waals surface area contributed by atoms with E-state index in [-0.39, 0.29) is 5.92 Å². The normalized spacial score (nSPS) is 15.1. The Bertz CT molecular complexity index is 1230. The van der Waals surface area contributed by atoms with Crippen LogP contribution in [0.1, 0.15) is 35.2 Å². The molecule has 4 aromatic rings. The van der Waals surface area contributed by atoms with Crippen molar-refractivity contribution in [2.75, 3.05) is 13.1 Å². The van der Waals surface area contributed by atoms with Gasteiger partial charge in [-0.3, -0.25) is 4.90 Å². The third-order valence-corrected chi connectivity index (χ3v) is 7.21. The molecule has 0 bridgehead atoms. The second-order valence-electron chi connectivity index (χ2n) is 9.34. The van der Waals surface area contributed by atoms with Gasteiger partial charge < -0.3 is 9.67 Å². The van der Waals surface area contributed by atoms with Gasteiger partial charge >= 0.3 is 0 Å². The van der Waals surface area contributed by atoms with Crippen molar-refractivity contribution in [3.05, 3.63) is 131 Å². The van der Waals surface area contributed by atoms with Gasteiger partial charge in [0.05, 0.1) is 18.6 Å². The van der Waals surface area contributed by atoms with Crippen molar-refractivity contribution < 1.29 is 5.11 Å². The van der Waals surface area contributed by atoms with E-state index in [0.717, 1.165) is 55.7 Å². The first kappa shape index (κ1) is 23.0. The predicted octanol–water partition coefficient (Wildman–Crippen LogP) is 5.63. The summed E-state index contributed by atoms with van der Waals surface area (Å²) < 4.78 is 2.18. The SMILES string of the molecule is [C-]#[N+]c1ccc(Cn2cncc2CN2CCC(C(O)(c3ccccc3)c3ccccc3)CC2)cc1. The molecule has 35 heavy (non-hydrogen) atoms. The van der Waals surface area contributed by atoms with E-state index in [2.05, 4.69) is 19.3 Å². The maximum atomic E-state index is 12.1. The van der Waals surface area contributed by atoms with E-state index in [1.807, 2.05) is 97.5 Å². The van der Waals surface area contributed by atoms with Crippen LogP contribution >= 0.6 is 0 Å². The molecule has 0 saturated carbocycles. The van der Waals surface area contributed by atoms with Crippen molar-refractivity contribution in [2.45, 2.75) is 31.5 Å². The first-order valence-corrected chi connectivity index (χ1v) is 12.2. The molecule has 2 heterocycles. The molecule has 5 nitrogen and oxygen atoms in total. The summed E-state index contributed by atoms with van der Waals surface area (Å²) in [5.74, 6) is 0.148. The number of benzene rings is 3. The summed E-state index contributed by atoms with van der Waals surface area (Å²) in [5, 5.41) is 12.1. The molecule has 1 N–H and O–H groups in total. The van der Waals surface area contributed by atoms with E-state index in [1.54, 1.807) is 0 Å². The van der Waals surface area contributed by atoms with Crippen molar-refractivity contribution in [2.24, 2.45) is 5.92 Å². The molecule has 5 heteroatoms. The lowest BCUT2D eigenvalue weighted by Crippen LogP contribution is -2.44. The van der Waals surface area contributed by atoms with Gasteiger partial charge in [0.1, 0.15) is 5.60 Å². The summed E-state index contributed by atoms with van der Waals surface area (Å²) in [6.07, 6.45) is 5.68. The van der Waals surface area contributed by atoms with Crippen LogP contribution in [0.3, 0.4) is 0 Å². The summed E-state index contributed by atoms with van der Waals surface area (Å²) in [6, 6.07) is 28.0. The molecule has 0 spiro atoms. The van der Waals surface area contributed by atoms with E-state index in [4.69, 9.17) is 6.57 Å². The summed E-state index contributed by atoms with van der Waals surface area (Å²) in [5.41, 5.74) is 3.94. The fourth-order valence-corrected chi connectivity index (χ4v) is 5.26. The monoisotopic (exact) mass is 462 g/mol. The fraction of sp³-hybridized carbons (Fsp3) is 0.267. The van der Waals surface area contributed by atoms with Gasteiger partial charge in [0.25, 0.3) is 0 Å². The molecule has 0 amide bonds. The molecule has 0 aliphatic carbocycles. The third-order valence-electron chi connectivity index (χ3n) is 7.21. The molecule has 1 fully saturated rings. The van der Waals surface area contributed by atoms with Crippen molar-refractivity contribution >= 4 is 5.69 Å². The number of hydrogen-bond donors (Lipinski definition) is 1. The lowest BCUT2D eigenvalue weighted by atomic mass is 9.72. The zero-order valence-electron chi connectivity index (χ0n) is 19.8. The Labute approximate surface area is 207 Å². The van der Waals surface area contributed by atoms with Gasteiger partial charge in [0, 0.05) is 19.3 Å². The molecular weight excluding hydrogens is 432 g/mol. The number of imidazole rings is 1. The summed E-state index contributed by atoms with van der Waals surface area (Å²) >= 11 is 0. The molecule has 3 aromatic carbocycles. The van der Waals surface area contributed by atoms with Crippen LogP contribution in [-0.4, -0.2) is 32.6 Å². The van der Waals surface area contributed by atoms with Crippen molar-refractivity contribution in [1.82, 2.24) is 14.5 Å². The first-order chi connectivity index (χ1) is 17.2. The maximum Gasteiger partial charge on any atom is 0.187 e. The number of rotatable bonds is 7. The van der Waals surface area contributed by atoms with Gasteiger partial charge in [0.15, 0.2) is 5.69 Å². The average molecular weight is 463 g/mol. The molecule has 1 aliphatic rings. The molecule has 176 valence electrons. The average Bonchev–Trinajstić information content (AvgIpc) is 3.36. The molecule has 1 aromatic heterocycles. The number of hydrogen-bond acceptors (Lipinski definition) is 3. The van der Waals surface area contributed by atoms with Crippen LogP contribution in [0, 0.1) is 12.5 Å². The van der Waals surface area contributed by atoms with Crippen LogP contribution in [0.4, 0.5) is 5.69 Å². The van der Waals surface area contributed by atoms with Crippen LogP contribution in [0.2, 0.25) is 0 Å². The topological polar surface area (TPSA) is 45.7 Å². The number of aliphatic hydroxyl groups is 1. The molecule has 0 unspecified atom stereocenters. The zero-order chi connectivity index (χ0) is 24.1. The molecule has 0 radical (unpaired) electrons. The van der Waals surface area contributed by atoms with Gasteiger partial charge in [-0.05, 0) is 48.5 Å².